The second-order valence-corrected chi connectivity index (χ2v) is 4.92. The fourth-order valence-electron chi connectivity index (χ4n) is 1.52. The van der Waals surface area contributed by atoms with E-state index in [4.69, 9.17) is 9.15 Å². The molecule has 0 fully saturated rings. The van der Waals surface area contributed by atoms with Crippen LogP contribution in [0.4, 0.5) is 5.69 Å². The van der Waals surface area contributed by atoms with E-state index in [1.807, 2.05) is 19.1 Å². The van der Waals surface area contributed by atoms with Gasteiger partial charge in [0.15, 0.2) is 6.61 Å². The lowest BCUT2D eigenvalue weighted by atomic mass is 10.2. The zero-order valence-electron chi connectivity index (χ0n) is 10.7. The minimum Gasteiger partial charge on any atom is -0.457 e. The molecule has 20 heavy (non-hydrogen) atoms. The summed E-state index contributed by atoms with van der Waals surface area (Å²) in [5.41, 5.74) is 1.64. The Labute approximate surface area is 124 Å². The van der Waals surface area contributed by atoms with Gasteiger partial charge in [-0.05, 0) is 42.8 Å². The summed E-state index contributed by atoms with van der Waals surface area (Å²) in [6.07, 6.45) is 1.36. The maximum absolute atomic E-state index is 11.7. The second-order valence-electron chi connectivity index (χ2n) is 4.07. The van der Waals surface area contributed by atoms with Crippen molar-refractivity contribution < 1.29 is 18.7 Å². The first kappa shape index (κ1) is 14.3. The Kier molecular flexibility index (Phi) is 4.57. The van der Waals surface area contributed by atoms with Gasteiger partial charge in [-0.15, -0.1) is 0 Å². The van der Waals surface area contributed by atoms with E-state index in [0.29, 0.717) is 5.69 Å². The molecule has 0 aliphatic heterocycles. The first-order chi connectivity index (χ1) is 9.56. The van der Waals surface area contributed by atoms with Gasteiger partial charge in [-0.1, -0.05) is 15.9 Å². The number of amides is 1. The molecule has 1 N–H and O–H groups in total. The number of anilines is 1. The lowest BCUT2D eigenvalue weighted by Gasteiger charge is -2.07. The maximum atomic E-state index is 11.7. The number of furan rings is 1. The zero-order valence-corrected chi connectivity index (χ0v) is 12.3. The molecule has 1 aromatic heterocycles. The average Bonchev–Trinajstić information content (AvgIpc) is 2.94. The molecule has 0 bridgehead atoms. The van der Waals surface area contributed by atoms with E-state index in [0.717, 1.165) is 10.0 Å². The van der Waals surface area contributed by atoms with Crippen molar-refractivity contribution in [1.82, 2.24) is 0 Å². The Morgan fingerprint density at radius 1 is 1.35 bits per heavy atom. The number of benzene rings is 1. The van der Waals surface area contributed by atoms with Crippen molar-refractivity contribution >= 4 is 33.5 Å². The number of esters is 1. The van der Waals surface area contributed by atoms with Gasteiger partial charge in [-0.25, -0.2) is 4.79 Å². The third kappa shape index (κ3) is 3.71. The molecule has 0 atom stereocenters. The highest BCUT2D eigenvalue weighted by atomic mass is 79.9. The van der Waals surface area contributed by atoms with Crippen LogP contribution in [0.2, 0.25) is 0 Å². The summed E-state index contributed by atoms with van der Waals surface area (Å²) in [7, 11) is 0. The molecule has 104 valence electrons. The second kappa shape index (κ2) is 6.38. The minimum absolute atomic E-state index is 0.0669. The van der Waals surface area contributed by atoms with E-state index in [2.05, 4.69) is 21.2 Å². The average molecular weight is 338 g/mol. The summed E-state index contributed by atoms with van der Waals surface area (Å²) < 4.78 is 10.6. The van der Waals surface area contributed by atoms with Gasteiger partial charge in [0.2, 0.25) is 5.76 Å². The molecule has 1 amide bonds. The molecule has 0 spiro atoms. The largest absolute Gasteiger partial charge is 0.457 e. The fourth-order valence-corrected chi connectivity index (χ4v) is 1.76. The number of aryl methyl sites for hydroxylation is 1. The van der Waals surface area contributed by atoms with Crippen LogP contribution in [-0.2, 0) is 9.53 Å². The van der Waals surface area contributed by atoms with Gasteiger partial charge >= 0.3 is 5.97 Å². The van der Waals surface area contributed by atoms with Crippen molar-refractivity contribution in [3.8, 4) is 0 Å². The lowest BCUT2D eigenvalue weighted by molar-refractivity contribution is -0.119. The van der Waals surface area contributed by atoms with Gasteiger partial charge in [0.25, 0.3) is 5.91 Å². The molecule has 2 aromatic rings. The van der Waals surface area contributed by atoms with Crippen LogP contribution in [0.1, 0.15) is 16.1 Å². The first-order valence-corrected chi connectivity index (χ1v) is 6.62. The molecule has 0 aliphatic rings. The van der Waals surface area contributed by atoms with Gasteiger partial charge < -0.3 is 14.5 Å². The zero-order chi connectivity index (χ0) is 14.5. The smallest absolute Gasteiger partial charge is 0.374 e. The molecule has 2 rings (SSSR count). The highest BCUT2D eigenvalue weighted by molar-refractivity contribution is 9.10. The third-order valence-corrected chi connectivity index (χ3v) is 3.39. The van der Waals surface area contributed by atoms with Crippen LogP contribution in [0.25, 0.3) is 0 Å². The molecule has 0 unspecified atom stereocenters. The highest BCUT2D eigenvalue weighted by Crippen LogP contribution is 2.19. The monoisotopic (exact) mass is 337 g/mol. The number of ether oxygens (including phenoxy) is 1. The number of nitrogens with one attached hydrogen (secondary N) is 1. The predicted molar refractivity (Wildman–Crippen MR) is 76.5 cm³/mol. The molecule has 5 nitrogen and oxygen atoms in total. The highest BCUT2D eigenvalue weighted by Gasteiger charge is 2.12. The topological polar surface area (TPSA) is 68.5 Å². The lowest BCUT2D eigenvalue weighted by Crippen LogP contribution is -2.20. The summed E-state index contributed by atoms with van der Waals surface area (Å²) in [5.74, 6) is -1.01. The number of hydrogen-bond acceptors (Lipinski definition) is 4. The van der Waals surface area contributed by atoms with E-state index >= 15 is 0 Å². The number of carbonyl (C=O) groups is 2. The third-order valence-electron chi connectivity index (χ3n) is 2.50. The summed E-state index contributed by atoms with van der Waals surface area (Å²) in [4.78, 5) is 23.1. The summed E-state index contributed by atoms with van der Waals surface area (Å²) >= 11 is 3.37. The van der Waals surface area contributed by atoms with E-state index < -0.39 is 11.9 Å². The standard InChI is InChI=1S/C14H12BrNO4/c1-9-7-10(4-5-11(9)15)16-13(17)8-20-14(18)12-3-2-6-19-12/h2-7H,8H2,1H3,(H,16,17). The molecule has 1 aromatic carbocycles. The number of carbonyl (C=O) groups excluding carboxylic acids is 2. The summed E-state index contributed by atoms with van der Waals surface area (Å²) in [5, 5.41) is 2.64. The Bertz CT molecular complexity index is 622. The first-order valence-electron chi connectivity index (χ1n) is 5.83. The van der Waals surface area contributed by atoms with Gasteiger partial charge in [0, 0.05) is 10.2 Å². The molecule has 1 heterocycles. The van der Waals surface area contributed by atoms with Crippen LogP contribution in [0.5, 0.6) is 0 Å². The van der Waals surface area contributed by atoms with E-state index in [1.165, 1.54) is 12.3 Å². The van der Waals surface area contributed by atoms with Gasteiger partial charge in [-0.3, -0.25) is 4.79 Å². The number of rotatable bonds is 4. The molecule has 6 heteroatoms. The van der Waals surface area contributed by atoms with Crippen molar-refractivity contribution in [1.29, 1.82) is 0 Å². The predicted octanol–water partition coefficient (Wildman–Crippen LogP) is 3.15. The number of hydrogen-bond donors (Lipinski definition) is 1. The van der Waals surface area contributed by atoms with Crippen LogP contribution in [0.15, 0.2) is 45.5 Å². The summed E-state index contributed by atoms with van der Waals surface area (Å²) in [6, 6.07) is 8.44. The fraction of sp³-hybridized carbons (Fsp3) is 0.143. The Morgan fingerprint density at radius 3 is 2.80 bits per heavy atom. The Hall–Kier alpha value is -2.08. The normalized spacial score (nSPS) is 10.1. The SMILES string of the molecule is Cc1cc(NC(=O)COC(=O)c2ccco2)ccc1Br. The van der Waals surface area contributed by atoms with Crippen LogP contribution in [-0.4, -0.2) is 18.5 Å². The van der Waals surface area contributed by atoms with Crippen LogP contribution in [0.3, 0.4) is 0 Å². The van der Waals surface area contributed by atoms with Crippen LogP contribution in [0, 0.1) is 6.92 Å². The molecular weight excluding hydrogens is 326 g/mol. The van der Waals surface area contributed by atoms with E-state index in [1.54, 1.807) is 12.1 Å². The molecular formula is C14H12BrNO4. The van der Waals surface area contributed by atoms with Crippen molar-refractivity contribution in [2.24, 2.45) is 0 Å². The molecule has 0 saturated carbocycles. The van der Waals surface area contributed by atoms with Crippen molar-refractivity contribution in [3.63, 3.8) is 0 Å². The van der Waals surface area contributed by atoms with Gasteiger partial charge in [0.1, 0.15) is 0 Å². The van der Waals surface area contributed by atoms with Crippen molar-refractivity contribution in [3.05, 3.63) is 52.4 Å². The minimum atomic E-state index is -0.669. The quantitative estimate of drug-likeness (QED) is 0.870. The van der Waals surface area contributed by atoms with Crippen LogP contribution >= 0.6 is 15.9 Å². The summed E-state index contributed by atoms with van der Waals surface area (Å²) in [6.45, 7) is 1.55. The Balaban J connectivity index is 1.86. The number of halogens is 1. The molecule has 0 saturated heterocycles. The van der Waals surface area contributed by atoms with Gasteiger partial charge in [-0.2, -0.15) is 0 Å². The van der Waals surface area contributed by atoms with Crippen molar-refractivity contribution in [2.45, 2.75) is 6.92 Å². The molecule has 0 radical (unpaired) electrons. The van der Waals surface area contributed by atoms with Gasteiger partial charge in [0.05, 0.1) is 6.26 Å². The van der Waals surface area contributed by atoms with E-state index in [9.17, 15) is 9.59 Å². The maximum Gasteiger partial charge on any atom is 0.374 e. The Morgan fingerprint density at radius 2 is 2.15 bits per heavy atom. The van der Waals surface area contributed by atoms with Crippen LogP contribution < -0.4 is 5.32 Å². The van der Waals surface area contributed by atoms with Crippen molar-refractivity contribution in [2.75, 3.05) is 11.9 Å². The molecule has 0 aliphatic carbocycles. The van der Waals surface area contributed by atoms with E-state index in [-0.39, 0.29) is 12.4 Å².